The molecule has 5 heteroatoms. The molecule has 1 fully saturated rings. The molecular formula is C15H20N4O. The lowest BCUT2D eigenvalue weighted by Crippen LogP contribution is -2.49. The van der Waals surface area contributed by atoms with Gasteiger partial charge in [-0.15, -0.1) is 0 Å². The van der Waals surface area contributed by atoms with Gasteiger partial charge in [0, 0.05) is 45.0 Å². The Morgan fingerprint density at radius 2 is 1.95 bits per heavy atom. The van der Waals surface area contributed by atoms with Gasteiger partial charge in [0.1, 0.15) is 0 Å². The van der Waals surface area contributed by atoms with Gasteiger partial charge in [-0.25, -0.2) is 9.97 Å². The molecule has 1 aromatic rings. The maximum atomic E-state index is 12.2. The van der Waals surface area contributed by atoms with Crippen LogP contribution in [0.5, 0.6) is 0 Å². The molecule has 106 valence electrons. The third kappa shape index (κ3) is 2.98. The second-order valence-corrected chi connectivity index (χ2v) is 5.39. The highest BCUT2D eigenvalue weighted by Crippen LogP contribution is 2.21. The predicted octanol–water partition coefficient (Wildman–Crippen LogP) is 1.48. The largest absolute Gasteiger partial charge is 0.339 e. The fourth-order valence-electron chi connectivity index (χ4n) is 2.83. The summed E-state index contributed by atoms with van der Waals surface area (Å²) in [5.74, 6) is 1.51. The highest BCUT2D eigenvalue weighted by Gasteiger charge is 2.24. The molecule has 0 aromatic carbocycles. The summed E-state index contributed by atoms with van der Waals surface area (Å²) in [6, 6.07) is 1.82. The van der Waals surface area contributed by atoms with Gasteiger partial charge in [0.25, 0.3) is 0 Å². The van der Waals surface area contributed by atoms with Crippen LogP contribution in [0.15, 0.2) is 30.6 Å². The van der Waals surface area contributed by atoms with Crippen molar-refractivity contribution in [2.75, 3.05) is 31.1 Å². The van der Waals surface area contributed by atoms with E-state index in [-0.39, 0.29) is 5.91 Å². The Balaban J connectivity index is 1.50. The molecule has 0 bridgehead atoms. The van der Waals surface area contributed by atoms with Crippen molar-refractivity contribution in [2.24, 2.45) is 5.92 Å². The lowest BCUT2D eigenvalue weighted by Gasteiger charge is -2.35. The summed E-state index contributed by atoms with van der Waals surface area (Å²) in [5.41, 5.74) is 0. The molecule has 2 aliphatic rings. The van der Waals surface area contributed by atoms with Crippen LogP contribution in [0.25, 0.3) is 0 Å². The molecule has 1 aliphatic heterocycles. The van der Waals surface area contributed by atoms with E-state index in [1.165, 1.54) is 0 Å². The SMILES string of the molecule is O=C(C[C@H]1C=CCC1)N1CCN(c2ncccn2)CC1. The third-order valence-electron chi connectivity index (χ3n) is 4.02. The lowest BCUT2D eigenvalue weighted by atomic mass is 10.0. The van der Waals surface area contributed by atoms with Gasteiger partial charge in [0.2, 0.25) is 11.9 Å². The Labute approximate surface area is 119 Å². The number of nitrogens with zero attached hydrogens (tertiary/aromatic N) is 4. The van der Waals surface area contributed by atoms with Crippen LogP contribution in [-0.2, 0) is 4.79 Å². The Morgan fingerprint density at radius 3 is 2.60 bits per heavy atom. The minimum atomic E-state index is 0.287. The van der Waals surface area contributed by atoms with Crippen LogP contribution in [0.3, 0.4) is 0 Å². The van der Waals surface area contributed by atoms with Gasteiger partial charge >= 0.3 is 0 Å². The van der Waals surface area contributed by atoms with E-state index in [1.807, 2.05) is 11.0 Å². The zero-order valence-corrected chi connectivity index (χ0v) is 11.6. The molecule has 5 nitrogen and oxygen atoms in total. The molecule has 3 rings (SSSR count). The molecule has 0 radical (unpaired) electrons. The summed E-state index contributed by atoms with van der Waals surface area (Å²) in [4.78, 5) is 24.9. The molecular weight excluding hydrogens is 252 g/mol. The van der Waals surface area contributed by atoms with Crippen LogP contribution in [0.1, 0.15) is 19.3 Å². The number of hydrogen-bond acceptors (Lipinski definition) is 4. The fourth-order valence-corrected chi connectivity index (χ4v) is 2.83. The molecule has 1 atom stereocenters. The van der Waals surface area contributed by atoms with Gasteiger partial charge < -0.3 is 9.80 Å². The summed E-state index contributed by atoms with van der Waals surface area (Å²) in [7, 11) is 0. The standard InChI is InChI=1S/C15H20N4O/c20-14(12-13-4-1-2-5-13)18-8-10-19(11-9-18)15-16-6-3-7-17-15/h1,3-4,6-7,13H,2,5,8-12H2/t13-/m0/s1. The zero-order chi connectivity index (χ0) is 13.8. The van der Waals surface area contributed by atoms with Crippen molar-refractivity contribution >= 4 is 11.9 Å². The molecule has 0 unspecified atom stereocenters. The van der Waals surface area contributed by atoms with Gasteiger partial charge in [0.05, 0.1) is 0 Å². The van der Waals surface area contributed by atoms with Crippen LogP contribution in [-0.4, -0.2) is 47.0 Å². The van der Waals surface area contributed by atoms with Crippen LogP contribution in [0.4, 0.5) is 5.95 Å². The molecule has 1 amide bonds. The average Bonchev–Trinajstić information content (AvgIpc) is 3.01. The zero-order valence-electron chi connectivity index (χ0n) is 11.6. The summed E-state index contributed by atoms with van der Waals surface area (Å²) in [6.45, 7) is 3.17. The molecule has 1 aliphatic carbocycles. The maximum Gasteiger partial charge on any atom is 0.225 e. The maximum absolute atomic E-state index is 12.2. The van der Waals surface area contributed by atoms with Crippen molar-refractivity contribution in [1.82, 2.24) is 14.9 Å². The molecule has 1 aromatic heterocycles. The number of piperazine rings is 1. The molecule has 20 heavy (non-hydrogen) atoms. The topological polar surface area (TPSA) is 49.3 Å². The van der Waals surface area contributed by atoms with Crippen molar-refractivity contribution in [1.29, 1.82) is 0 Å². The Hall–Kier alpha value is -1.91. The average molecular weight is 272 g/mol. The summed E-state index contributed by atoms with van der Waals surface area (Å²) < 4.78 is 0. The van der Waals surface area contributed by atoms with E-state index in [9.17, 15) is 4.79 Å². The van der Waals surface area contributed by atoms with Crippen LogP contribution < -0.4 is 4.90 Å². The third-order valence-corrected chi connectivity index (χ3v) is 4.02. The smallest absolute Gasteiger partial charge is 0.225 e. The Bertz CT molecular complexity index is 480. The number of amides is 1. The minimum Gasteiger partial charge on any atom is -0.339 e. The Kier molecular flexibility index (Phi) is 3.95. The number of carbonyl (C=O) groups is 1. The highest BCUT2D eigenvalue weighted by atomic mass is 16.2. The molecule has 0 spiro atoms. The first kappa shape index (κ1) is 13.1. The van der Waals surface area contributed by atoms with E-state index in [0.717, 1.165) is 45.0 Å². The highest BCUT2D eigenvalue weighted by molar-refractivity contribution is 5.77. The van der Waals surface area contributed by atoms with E-state index in [2.05, 4.69) is 27.0 Å². The minimum absolute atomic E-state index is 0.287. The number of carbonyl (C=O) groups excluding carboxylic acids is 1. The molecule has 0 N–H and O–H groups in total. The van der Waals surface area contributed by atoms with Gasteiger partial charge in [-0.2, -0.15) is 0 Å². The molecule has 2 heterocycles. The number of rotatable bonds is 3. The predicted molar refractivity (Wildman–Crippen MR) is 77.3 cm³/mol. The monoisotopic (exact) mass is 272 g/mol. The van der Waals surface area contributed by atoms with Crippen molar-refractivity contribution in [3.8, 4) is 0 Å². The second-order valence-electron chi connectivity index (χ2n) is 5.39. The van der Waals surface area contributed by atoms with Crippen LogP contribution >= 0.6 is 0 Å². The van der Waals surface area contributed by atoms with E-state index in [4.69, 9.17) is 0 Å². The quantitative estimate of drug-likeness (QED) is 0.782. The van der Waals surface area contributed by atoms with Crippen molar-refractivity contribution in [3.63, 3.8) is 0 Å². The fraction of sp³-hybridized carbons (Fsp3) is 0.533. The van der Waals surface area contributed by atoms with Crippen molar-refractivity contribution in [3.05, 3.63) is 30.6 Å². The van der Waals surface area contributed by atoms with E-state index in [1.54, 1.807) is 12.4 Å². The first-order valence-corrected chi connectivity index (χ1v) is 7.29. The first-order chi connectivity index (χ1) is 9.83. The van der Waals surface area contributed by atoms with Gasteiger partial charge in [0.15, 0.2) is 0 Å². The van der Waals surface area contributed by atoms with Crippen LogP contribution in [0.2, 0.25) is 0 Å². The van der Waals surface area contributed by atoms with Crippen molar-refractivity contribution < 1.29 is 4.79 Å². The van der Waals surface area contributed by atoms with Gasteiger partial charge in [-0.1, -0.05) is 12.2 Å². The molecule has 0 saturated carbocycles. The summed E-state index contributed by atoms with van der Waals surface area (Å²) >= 11 is 0. The van der Waals surface area contributed by atoms with E-state index < -0.39 is 0 Å². The van der Waals surface area contributed by atoms with Gasteiger partial charge in [-0.3, -0.25) is 4.79 Å². The summed E-state index contributed by atoms with van der Waals surface area (Å²) in [6.07, 6.45) is 10.8. The van der Waals surface area contributed by atoms with E-state index in [0.29, 0.717) is 12.3 Å². The number of anilines is 1. The van der Waals surface area contributed by atoms with E-state index >= 15 is 0 Å². The van der Waals surface area contributed by atoms with Crippen molar-refractivity contribution in [2.45, 2.75) is 19.3 Å². The Morgan fingerprint density at radius 1 is 1.20 bits per heavy atom. The number of hydrogen-bond donors (Lipinski definition) is 0. The number of allylic oxidation sites excluding steroid dienone is 2. The van der Waals surface area contributed by atoms with Crippen LogP contribution in [0, 0.1) is 5.92 Å². The summed E-state index contributed by atoms with van der Waals surface area (Å²) in [5, 5.41) is 0. The molecule has 1 saturated heterocycles. The second kappa shape index (κ2) is 6.03. The number of aromatic nitrogens is 2. The lowest BCUT2D eigenvalue weighted by molar-refractivity contribution is -0.132. The normalized spacial score (nSPS) is 22.3. The van der Waals surface area contributed by atoms with Gasteiger partial charge in [-0.05, 0) is 24.8 Å². The first-order valence-electron chi connectivity index (χ1n) is 7.29.